The summed E-state index contributed by atoms with van der Waals surface area (Å²) in [5.41, 5.74) is 4.50. The van der Waals surface area contributed by atoms with Gasteiger partial charge in [0, 0.05) is 0 Å². The van der Waals surface area contributed by atoms with E-state index in [0.717, 1.165) is 0 Å². The normalized spacial score (nSPS) is 13.8. The van der Waals surface area contributed by atoms with E-state index in [1.165, 1.54) is 0 Å². The first-order valence-electron chi connectivity index (χ1n) is 3.30. The van der Waals surface area contributed by atoms with Crippen LogP contribution in [0.25, 0.3) is 0 Å². The van der Waals surface area contributed by atoms with Crippen molar-refractivity contribution in [3.05, 3.63) is 0 Å². The number of carbonyl (C=O) groups excluding carboxylic acids is 2. The summed E-state index contributed by atoms with van der Waals surface area (Å²) in [5, 5.41) is 0. The summed E-state index contributed by atoms with van der Waals surface area (Å²) in [6, 6.07) is -1.16. The maximum atomic E-state index is 10.8. The van der Waals surface area contributed by atoms with Gasteiger partial charge in [-0.2, -0.15) is 0 Å². The number of hydrogen-bond donors (Lipinski definition) is 1. The Labute approximate surface area is 65.7 Å². The Morgan fingerprint density at radius 3 is 2.27 bits per heavy atom. The Morgan fingerprint density at radius 1 is 1.55 bits per heavy atom. The van der Waals surface area contributed by atoms with Crippen LogP contribution in [0, 0.1) is 0 Å². The second-order valence-electron chi connectivity index (χ2n) is 3.20. The molecule has 0 aromatic carbocycles. The number of rotatable bonds is 2. The summed E-state index contributed by atoms with van der Waals surface area (Å²) >= 11 is 0. The fourth-order valence-corrected chi connectivity index (χ4v) is 0.425. The first-order valence-corrected chi connectivity index (χ1v) is 3.30. The van der Waals surface area contributed by atoms with Gasteiger partial charge >= 0.3 is 5.97 Å². The number of esters is 1. The zero-order valence-electron chi connectivity index (χ0n) is 6.96. The van der Waals surface area contributed by atoms with Gasteiger partial charge in [0.15, 0.2) is 6.04 Å². The molecule has 0 heterocycles. The van der Waals surface area contributed by atoms with Crippen LogP contribution in [-0.2, 0) is 14.3 Å². The molecule has 1 unspecified atom stereocenters. The molecule has 0 rings (SSSR count). The molecular formula is C7H13NO3. The average Bonchev–Trinajstić information content (AvgIpc) is 1.82. The van der Waals surface area contributed by atoms with Crippen LogP contribution >= 0.6 is 0 Å². The summed E-state index contributed by atoms with van der Waals surface area (Å²) in [7, 11) is 0. The maximum absolute atomic E-state index is 10.8. The van der Waals surface area contributed by atoms with E-state index in [1.807, 2.05) is 0 Å². The van der Waals surface area contributed by atoms with E-state index in [0.29, 0.717) is 6.29 Å². The van der Waals surface area contributed by atoms with Gasteiger partial charge in [-0.05, 0) is 20.8 Å². The predicted octanol–water partition coefficient (Wildman–Crippen LogP) is -0.146. The number of hydrogen-bond acceptors (Lipinski definition) is 4. The lowest BCUT2D eigenvalue weighted by atomic mass is 10.2. The smallest absolute Gasteiger partial charge is 0.330 e. The summed E-state index contributed by atoms with van der Waals surface area (Å²) in [6.45, 7) is 5.13. The second-order valence-corrected chi connectivity index (χ2v) is 3.20. The molecule has 4 heteroatoms. The number of aldehydes is 1. The molecule has 0 radical (unpaired) electrons. The summed E-state index contributed by atoms with van der Waals surface area (Å²) in [6.07, 6.45) is 0.355. The SMILES string of the molecule is CC(C)(C)OC(=O)C(N)C=O. The zero-order valence-corrected chi connectivity index (χ0v) is 6.96. The summed E-state index contributed by atoms with van der Waals surface area (Å²) in [4.78, 5) is 20.8. The van der Waals surface area contributed by atoms with Crippen molar-refractivity contribution in [1.29, 1.82) is 0 Å². The Morgan fingerprint density at radius 2 is 2.00 bits per heavy atom. The summed E-state index contributed by atoms with van der Waals surface area (Å²) in [5.74, 6) is -0.687. The van der Waals surface area contributed by atoms with E-state index < -0.39 is 17.6 Å². The minimum Gasteiger partial charge on any atom is -0.458 e. The molecule has 1 atom stereocenters. The van der Waals surface area contributed by atoms with Crippen molar-refractivity contribution in [2.45, 2.75) is 32.4 Å². The Balaban J connectivity index is 3.98. The average molecular weight is 159 g/mol. The van der Waals surface area contributed by atoms with Gasteiger partial charge < -0.3 is 15.3 Å². The highest BCUT2D eigenvalue weighted by Gasteiger charge is 2.21. The largest absolute Gasteiger partial charge is 0.458 e. The van der Waals surface area contributed by atoms with Crippen LogP contribution in [0.1, 0.15) is 20.8 Å². The number of nitrogens with two attached hydrogens (primary N) is 1. The van der Waals surface area contributed by atoms with Gasteiger partial charge in [-0.3, -0.25) is 0 Å². The van der Waals surface area contributed by atoms with E-state index in [1.54, 1.807) is 20.8 Å². The molecule has 0 aromatic rings. The van der Waals surface area contributed by atoms with Gasteiger partial charge in [-0.1, -0.05) is 0 Å². The molecule has 0 fully saturated rings. The molecule has 4 nitrogen and oxygen atoms in total. The van der Waals surface area contributed by atoms with Gasteiger partial charge in [0.2, 0.25) is 0 Å². The lowest BCUT2D eigenvalue weighted by Gasteiger charge is -2.20. The molecular weight excluding hydrogens is 146 g/mol. The molecule has 0 aliphatic heterocycles. The van der Waals surface area contributed by atoms with Gasteiger partial charge in [-0.25, -0.2) is 4.79 Å². The molecule has 64 valence electrons. The third-order valence-corrected chi connectivity index (χ3v) is 0.826. The number of ether oxygens (including phenoxy) is 1. The van der Waals surface area contributed by atoms with Crippen LogP contribution in [0.5, 0.6) is 0 Å². The molecule has 0 amide bonds. The van der Waals surface area contributed by atoms with Crippen LogP contribution in [0.15, 0.2) is 0 Å². The van der Waals surface area contributed by atoms with E-state index in [9.17, 15) is 9.59 Å². The van der Waals surface area contributed by atoms with Crippen LogP contribution in [0.3, 0.4) is 0 Å². The monoisotopic (exact) mass is 159 g/mol. The lowest BCUT2D eigenvalue weighted by molar-refractivity contribution is -0.156. The quantitative estimate of drug-likeness (QED) is 0.345. The van der Waals surface area contributed by atoms with Gasteiger partial charge in [0.25, 0.3) is 0 Å². The van der Waals surface area contributed by atoms with Crippen LogP contribution in [0.4, 0.5) is 0 Å². The summed E-state index contributed by atoms with van der Waals surface area (Å²) < 4.78 is 4.80. The van der Waals surface area contributed by atoms with Crippen molar-refractivity contribution in [3.63, 3.8) is 0 Å². The molecule has 0 aromatic heterocycles. The first kappa shape index (κ1) is 10.1. The van der Waals surface area contributed by atoms with Crippen LogP contribution in [-0.4, -0.2) is 23.9 Å². The van der Waals surface area contributed by atoms with E-state index >= 15 is 0 Å². The lowest BCUT2D eigenvalue weighted by Crippen LogP contribution is -2.38. The van der Waals surface area contributed by atoms with Gasteiger partial charge in [-0.15, -0.1) is 0 Å². The highest BCUT2D eigenvalue weighted by molar-refractivity contribution is 5.91. The predicted molar refractivity (Wildman–Crippen MR) is 39.9 cm³/mol. The third kappa shape index (κ3) is 4.50. The van der Waals surface area contributed by atoms with Crippen molar-refractivity contribution in [3.8, 4) is 0 Å². The van der Waals surface area contributed by atoms with Crippen molar-refractivity contribution < 1.29 is 14.3 Å². The van der Waals surface area contributed by atoms with Crippen LogP contribution < -0.4 is 5.73 Å². The molecule has 0 aliphatic rings. The first-order chi connectivity index (χ1) is 4.87. The standard InChI is InChI=1S/C7H13NO3/c1-7(2,3)11-6(10)5(8)4-9/h4-5H,8H2,1-3H3. The minimum absolute atomic E-state index is 0.355. The van der Waals surface area contributed by atoms with Crippen molar-refractivity contribution in [2.75, 3.05) is 0 Å². The highest BCUT2D eigenvalue weighted by Crippen LogP contribution is 2.06. The minimum atomic E-state index is -1.16. The Hall–Kier alpha value is -0.900. The van der Waals surface area contributed by atoms with Crippen molar-refractivity contribution in [1.82, 2.24) is 0 Å². The molecule has 0 spiro atoms. The van der Waals surface area contributed by atoms with Crippen molar-refractivity contribution in [2.24, 2.45) is 5.73 Å². The molecule has 0 saturated carbocycles. The fraction of sp³-hybridized carbons (Fsp3) is 0.714. The van der Waals surface area contributed by atoms with Crippen LogP contribution in [0.2, 0.25) is 0 Å². The molecule has 0 saturated heterocycles. The Kier molecular flexibility index (Phi) is 3.19. The molecule has 0 aliphatic carbocycles. The fourth-order valence-electron chi connectivity index (χ4n) is 0.425. The molecule has 0 bridgehead atoms. The number of carbonyl (C=O) groups is 2. The zero-order chi connectivity index (χ0) is 9.07. The second kappa shape index (κ2) is 3.48. The topological polar surface area (TPSA) is 69.4 Å². The van der Waals surface area contributed by atoms with Crippen molar-refractivity contribution >= 4 is 12.3 Å². The Bertz CT molecular complexity index is 160. The van der Waals surface area contributed by atoms with E-state index in [-0.39, 0.29) is 0 Å². The van der Waals surface area contributed by atoms with Gasteiger partial charge in [0.05, 0.1) is 0 Å². The van der Waals surface area contributed by atoms with E-state index in [4.69, 9.17) is 10.5 Å². The molecule has 11 heavy (non-hydrogen) atoms. The highest BCUT2D eigenvalue weighted by atomic mass is 16.6. The third-order valence-electron chi connectivity index (χ3n) is 0.826. The molecule has 2 N–H and O–H groups in total. The maximum Gasteiger partial charge on any atom is 0.330 e. The van der Waals surface area contributed by atoms with Gasteiger partial charge in [0.1, 0.15) is 11.9 Å². The van der Waals surface area contributed by atoms with E-state index in [2.05, 4.69) is 0 Å².